The highest BCUT2D eigenvalue weighted by molar-refractivity contribution is 6.36. The van der Waals surface area contributed by atoms with Crippen LogP contribution in [0.3, 0.4) is 0 Å². The predicted molar refractivity (Wildman–Crippen MR) is 171 cm³/mol. The summed E-state index contributed by atoms with van der Waals surface area (Å²) in [5, 5.41) is 6.35. The van der Waals surface area contributed by atoms with Gasteiger partial charge in [-0.3, -0.25) is 0 Å². The van der Waals surface area contributed by atoms with Gasteiger partial charge in [0.05, 0.1) is 5.02 Å². The van der Waals surface area contributed by atoms with Crippen LogP contribution in [0, 0.1) is 0 Å². The molecule has 4 heterocycles. The average Bonchev–Trinajstić information content (AvgIpc) is 3.64. The summed E-state index contributed by atoms with van der Waals surface area (Å²) in [5.41, 5.74) is 5.16. The van der Waals surface area contributed by atoms with E-state index < -0.39 is 0 Å². The Morgan fingerprint density at radius 1 is 0.535 bits per heavy atom. The lowest BCUT2D eigenvalue weighted by atomic mass is 10.0. The number of para-hydroxylation sites is 1. The number of benzene rings is 5. The number of aromatic nitrogens is 4. The standard InChI is InChI=1S/C36H19ClN4O2/c37-27-17-16-25(31-26-11-6-18-38-36(26)43-32(27)31)35-40-33(22-15-14-20-7-1-2-8-21(20)19-22)39-34(41-35)24-10-5-13-29-30(24)23-9-3-4-12-28(23)42-29/h1-19H. The Morgan fingerprint density at radius 3 is 2.19 bits per heavy atom. The molecule has 0 unspecified atom stereocenters. The minimum Gasteiger partial charge on any atom is -0.456 e. The molecule has 0 spiro atoms. The molecule has 0 radical (unpaired) electrons. The van der Waals surface area contributed by atoms with Gasteiger partial charge in [0.1, 0.15) is 11.2 Å². The van der Waals surface area contributed by atoms with Crippen LogP contribution in [0.25, 0.3) is 88.9 Å². The van der Waals surface area contributed by atoms with Crippen molar-refractivity contribution in [1.29, 1.82) is 0 Å². The number of fused-ring (bicyclic) bond motifs is 7. The highest BCUT2D eigenvalue weighted by Crippen LogP contribution is 2.40. The van der Waals surface area contributed by atoms with Crippen molar-refractivity contribution in [2.45, 2.75) is 0 Å². The number of hydrogen-bond donors (Lipinski definition) is 0. The second-order valence-corrected chi connectivity index (χ2v) is 10.8. The van der Waals surface area contributed by atoms with E-state index >= 15 is 0 Å². The number of pyridine rings is 1. The smallest absolute Gasteiger partial charge is 0.227 e. The van der Waals surface area contributed by atoms with E-state index in [0.717, 1.165) is 60.2 Å². The zero-order chi connectivity index (χ0) is 28.5. The van der Waals surface area contributed by atoms with E-state index in [1.54, 1.807) is 6.20 Å². The normalized spacial score (nSPS) is 11.8. The Bertz CT molecular complexity index is 2550. The van der Waals surface area contributed by atoms with Crippen molar-refractivity contribution < 1.29 is 8.83 Å². The molecule has 0 amide bonds. The fourth-order valence-corrected chi connectivity index (χ4v) is 6.10. The van der Waals surface area contributed by atoms with Crippen LogP contribution in [0.2, 0.25) is 5.02 Å². The fraction of sp³-hybridized carbons (Fsp3) is 0. The van der Waals surface area contributed by atoms with Gasteiger partial charge in [0, 0.05) is 44.4 Å². The summed E-state index contributed by atoms with van der Waals surface area (Å²) in [6, 6.07) is 36.1. The van der Waals surface area contributed by atoms with Crippen LogP contribution in [-0.2, 0) is 0 Å². The second kappa shape index (κ2) is 9.21. The first-order valence-electron chi connectivity index (χ1n) is 13.8. The Kier molecular flexibility index (Phi) is 5.15. The van der Waals surface area contributed by atoms with Gasteiger partial charge in [-0.05, 0) is 53.2 Å². The SMILES string of the molecule is Clc1ccc(-c2nc(-c3ccc4ccccc4c3)nc(-c3cccc4oc5ccccc5c34)n2)c2c1oc1ncccc12. The van der Waals surface area contributed by atoms with Gasteiger partial charge in [-0.15, -0.1) is 0 Å². The first-order chi connectivity index (χ1) is 21.2. The van der Waals surface area contributed by atoms with Crippen LogP contribution in [0.4, 0.5) is 0 Å². The minimum atomic E-state index is 0.496. The Labute approximate surface area is 249 Å². The fourth-order valence-electron chi connectivity index (χ4n) is 5.91. The summed E-state index contributed by atoms with van der Waals surface area (Å²) in [6.45, 7) is 0. The zero-order valence-electron chi connectivity index (χ0n) is 22.5. The van der Waals surface area contributed by atoms with Crippen molar-refractivity contribution in [1.82, 2.24) is 19.9 Å². The van der Waals surface area contributed by atoms with Crippen LogP contribution in [-0.4, -0.2) is 19.9 Å². The Morgan fingerprint density at radius 2 is 1.28 bits per heavy atom. The third-order valence-corrected chi connectivity index (χ3v) is 8.17. The predicted octanol–water partition coefficient (Wildman–Crippen LogP) is 9.87. The maximum Gasteiger partial charge on any atom is 0.227 e. The van der Waals surface area contributed by atoms with E-state index in [4.69, 9.17) is 35.4 Å². The van der Waals surface area contributed by atoms with Crippen molar-refractivity contribution in [3.05, 3.63) is 120 Å². The molecule has 0 fully saturated rings. The molecule has 0 saturated carbocycles. The zero-order valence-corrected chi connectivity index (χ0v) is 23.2. The van der Waals surface area contributed by atoms with Gasteiger partial charge >= 0.3 is 0 Å². The highest BCUT2D eigenvalue weighted by atomic mass is 35.5. The van der Waals surface area contributed by atoms with E-state index in [-0.39, 0.29) is 0 Å². The van der Waals surface area contributed by atoms with Gasteiger partial charge in [0.15, 0.2) is 23.1 Å². The van der Waals surface area contributed by atoms with Gasteiger partial charge in [0.25, 0.3) is 0 Å². The summed E-state index contributed by atoms with van der Waals surface area (Å²) in [5.74, 6) is 1.61. The average molecular weight is 575 g/mol. The molecule has 0 aliphatic carbocycles. The van der Waals surface area contributed by atoms with Crippen molar-refractivity contribution >= 4 is 66.4 Å². The third-order valence-electron chi connectivity index (χ3n) is 7.88. The molecule has 4 aromatic heterocycles. The minimum absolute atomic E-state index is 0.496. The van der Waals surface area contributed by atoms with Crippen molar-refractivity contribution in [2.24, 2.45) is 0 Å². The number of rotatable bonds is 3. The number of nitrogens with zero attached hydrogens (tertiary/aromatic N) is 4. The quantitative estimate of drug-likeness (QED) is 0.209. The largest absolute Gasteiger partial charge is 0.456 e. The molecule has 7 heteroatoms. The molecule has 0 N–H and O–H groups in total. The maximum absolute atomic E-state index is 6.62. The molecular weight excluding hydrogens is 556 g/mol. The lowest BCUT2D eigenvalue weighted by molar-refractivity contribution is 0.654. The molecule has 202 valence electrons. The number of furan rings is 2. The third kappa shape index (κ3) is 3.74. The monoisotopic (exact) mass is 574 g/mol. The van der Waals surface area contributed by atoms with Crippen LogP contribution in [0.5, 0.6) is 0 Å². The molecule has 0 bridgehead atoms. The lowest BCUT2D eigenvalue weighted by Gasteiger charge is -2.11. The van der Waals surface area contributed by atoms with E-state index in [1.807, 2.05) is 78.9 Å². The Hall–Kier alpha value is -5.59. The summed E-state index contributed by atoms with van der Waals surface area (Å²) >= 11 is 6.62. The summed E-state index contributed by atoms with van der Waals surface area (Å²) < 4.78 is 12.3. The van der Waals surface area contributed by atoms with Crippen LogP contribution in [0.1, 0.15) is 0 Å². The maximum atomic E-state index is 6.62. The van der Waals surface area contributed by atoms with Gasteiger partial charge in [-0.25, -0.2) is 19.9 Å². The van der Waals surface area contributed by atoms with E-state index in [1.165, 1.54) is 0 Å². The van der Waals surface area contributed by atoms with Gasteiger partial charge in [0.2, 0.25) is 5.71 Å². The number of hydrogen-bond acceptors (Lipinski definition) is 6. The molecule has 43 heavy (non-hydrogen) atoms. The van der Waals surface area contributed by atoms with Crippen LogP contribution >= 0.6 is 11.6 Å². The lowest BCUT2D eigenvalue weighted by Crippen LogP contribution is -2.01. The molecule has 0 saturated heterocycles. The van der Waals surface area contributed by atoms with Gasteiger partial charge < -0.3 is 8.83 Å². The summed E-state index contributed by atoms with van der Waals surface area (Å²) in [4.78, 5) is 19.6. The van der Waals surface area contributed by atoms with E-state index in [9.17, 15) is 0 Å². The van der Waals surface area contributed by atoms with Crippen LogP contribution < -0.4 is 0 Å². The van der Waals surface area contributed by atoms with Crippen molar-refractivity contribution in [3.8, 4) is 34.2 Å². The topological polar surface area (TPSA) is 77.8 Å². The van der Waals surface area contributed by atoms with E-state index in [0.29, 0.717) is 33.8 Å². The highest BCUT2D eigenvalue weighted by Gasteiger charge is 2.21. The molecule has 9 aromatic rings. The Balaban J connectivity index is 1.37. The second-order valence-electron chi connectivity index (χ2n) is 10.4. The van der Waals surface area contributed by atoms with Crippen molar-refractivity contribution in [3.63, 3.8) is 0 Å². The molecule has 0 atom stereocenters. The molecular formula is C36H19ClN4O2. The molecule has 0 aliphatic heterocycles. The first-order valence-corrected chi connectivity index (χ1v) is 14.2. The first kappa shape index (κ1) is 24.1. The summed E-state index contributed by atoms with van der Waals surface area (Å²) in [6.07, 6.45) is 1.70. The van der Waals surface area contributed by atoms with Crippen molar-refractivity contribution in [2.75, 3.05) is 0 Å². The van der Waals surface area contributed by atoms with Gasteiger partial charge in [-0.2, -0.15) is 0 Å². The molecule has 6 nitrogen and oxygen atoms in total. The van der Waals surface area contributed by atoms with Gasteiger partial charge in [-0.1, -0.05) is 78.3 Å². The van der Waals surface area contributed by atoms with Crippen LogP contribution in [0.15, 0.2) is 124 Å². The molecule has 9 rings (SSSR count). The number of halogens is 1. The molecule has 0 aliphatic rings. The van der Waals surface area contributed by atoms with E-state index in [2.05, 4.69) is 35.3 Å². The molecule has 5 aromatic carbocycles. The summed E-state index contributed by atoms with van der Waals surface area (Å²) in [7, 11) is 0.